The molecule has 1 aliphatic rings. The molecule has 1 aliphatic heterocycles. The van der Waals surface area contributed by atoms with E-state index in [9.17, 15) is 4.79 Å². The summed E-state index contributed by atoms with van der Waals surface area (Å²) in [4.78, 5) is 16.7. The highest BCUT2D eigenvalue weighted by Crippen LogP contribution is 2.19. The molecule has 0 saturated heterocycles. The van der Waals surface area contributed by atoms with Gasteiger partial charge in [-0.05, 0) is 18.4 Å². The SMILES string of the molecule is O=C(NC[C@@H]1CCn2ccnc2C1)c1n[nH]c2ccccc12. The average molecular weight is 295 g/mol. The van der Waals surface area contributed by atoms with Gasteiger partial charge in [-0.1, -0.05) is 18.2 Å². The molecule has 1 atom stereocenters. The molecule has 4 rings (SSSR count). The molecule has 112 valence electrons. The van der Waals surface area contributed by atoms with Crippen LogP contribution < -0.4 is 5.32 Å². The number of amides is 1. The van der Waals surface area contributed by atoms with Crippen molar-refractivity contribution in [3.8, 4) is 0 Å². The molecule has 0 spiro atoms. The van der Waals surface area contributed by atoms with Crippen molar-refractivity contribution < 1.29 is 4.79 Å². The van der Waals surface area contributed by atoms with Crippen molar-refractivity contribution in [2.24, 2.45) is 5.92 Å². The van der Waals surface area contributed by atoms with Crippen LogP contribution in [0.5, 0.6) is 0 Å². The lowest BCUT2D eigenvalue weighted by molar-refractivity contribution is 0.0941. The van der Waals surface area contributed by atoms with Gasteiger partial charge in [0.15, 0.2) is 5.69 Å². The fourth-order valence-electron chi connectivity index (χ4n) is 3.05. The molecule has 0 radical (unpaired) electrons. The summed E-state index contributed by atoms with van der Waals surface area (Å²) in [6.07, 6.45) is 5.83. The highest BCUT2D eigenvalue weighted by atomic mass is 16.1. The molecule has 22 heavy (non-hydrogen) atoms. The first-order valence-electron chi connectivity index (χ1n) is 7.52. The molecule has 2 N–H and O–H groups in total. The Labute approximate surface area is 127 Å². The minimum absolute atomic E-state index is 0.119. The van der Waals surface area contributed by atoms with Crippen LogP contribution in [0.25, 0.3) is 10.9 Å². The number of fused-ring (bicyclic) bond motifs is 2. The normalized spacial score (nSPS) is 17.4. The summed E-state index contributed by atoms with van der Waals surface area (Å²) < 4.78 is 2.18. The lowest BCUT2D eigenvalue weighted by Crippen LogP contribution is -2.33. The number of hydrogen-bond donors (Lipinski definition) is 2. The summed E-state index contributed by atoms with van der Waals surface area (Å²) in [5.74, 6) is 1.42. The maximum absolute atomic E-state index is 12.3. The highest BCUT2D eigenvalue weighted by Gasteiger charge is 2.21. The molecule has 0 fully saturated rings. The number of nitrogens with zero attached hydrogens (tertiary/aromatic N) is 3. The predicted octanol–water partition coefficient (Wildman–Crippen LogP) is 1.75. The Morgan fingerprint density at radius 2 is 2.32 bits per heavy atom. The van der Waals surface area contributed by atoms with E-state index >= 15 is 0 Å². The van der Waals surface area contributed by atoms with Gasteiger partial charge >= 0.3 is 0 Å². The second-order valence-corrected chi connectivity index (χ2v) is 5.72. The Morgan fingerprint density at radius 3 is 3.27 bits per heavy atom. The number of carbonyl (C=O) groups is 1. The number of aromatic amines is 1. The van der Waals surface area contributed by atoms with Gasteiger partial charge in [0, 0.05) is 37.3 Å². The van der Waals surface area contributed by atoms with Crippen molar-refractivity contribution in [3.63, 3.8) is 0 Å². The first kappa shape index (κ1) is 13.1. The average Bonchev–Trinajstić information content (AvgIpc) is 3.18. The van der Waals surface area contributed by atoms with E-state index < -0.39 is 0 Å². The van der Waals surface area contributed by atoms with Gasteiger partial charge in [0.05, 0.1) is 5.52 Å². The van der Waals surface area contributed by atoms with E-state index in [-0.39, 0.29) is 5.91 Å². The van der Waals surface area contributed by atoms with E-state index in [4.69, 9.17) is 0 Å². The summed E-state index contributed by atoms with van der Waals surface area (Å²) in [5, 5.41) is 10.9. The lowest BCUT2D eigenvalue weighted by atomic mass is 9.98. The van der Waals surface area contributed by atoms with Crippen molar-refractivity contribution in [2.45, 2.75) is 19.4 Å². The zero-order chi connectivity index (χ0) is 14.9. The van der Waals surface area contributed by atoms with Gasteiger partial charge in [-0.15, -0.1) is 0 Å². The van der Waals surface area contributed by atoms with Crippen LogP contribution in [0.3, 0.4) is 0 Å². The molecular formula is C16H17N5O. The smallest absolute Gasteiger partial charge is 0.272 e. The number of rotatable bonds is 3. The van der Waals surface area contributed by atoms with Crippen LogP contribution in [0.15, 0.2) is 36.7 Å². The lowest BCUT2D eigenvalue weighted by Gasteiger charge is -2.23. The van der Waals surface area contributed by atoms with Gasteiger partial charge in [-0.2, -0.15) is 5.10 Å². The third kappa shape index (κ3) is 2.26. The molecule has 1 aromatic carbocycles. The summed E-state index contributed by atoms with van der Waals surface area (Å²) in [7, 11) is 0. The van der Waals surface area contributed by atoms with Crippen molar-refractivity contribution in [1.29, 1.82) is 0 Å². The van der Waals surface area contributed by atoms with E-state index in [0.717, 1.165) is 36.1 Å². The van der Waals surface area contributed by atoms with E-state index in [1.54, 1.807) is 0 Å². The van der Waals surface area contributed by atoms with E-state index in [1.807, 2.05) is 36.7 Å². The van der Waals surface area contributed by atoms with Crippen molar-refractivity contribution in [2.75, 3.05) is 6.54 Å². The molecule has 3 aromatic rings. The molecule has 6 heteroatoms. The molecule has 0 aliphatic carbocycles. The van der Waals surface area contributed by atoms with Gasteiger partial charge in [0.2, 0.25) is 0 Å². The van der Waals surface area contributed by atoms with Crippen LogP contribution in [0, 0.1) is 5.92 Å². The molecule has 1 amide bonds. The minimum atomic E-state index is -0.119. The number of aromatic nitrogens is 4. The monoisotopic (exact) mass is 295 g/mol. The van der Waals surface area contributed by atoms with Gasteiger partial charge in [0.25, 0.3) is 5.91 Å². The Bertz CT molecular complexity index is 819. The maximum Gasteiger partial charge on any atom is 0.272 e. The number of nitrogens with one attached hydrogen (secondary N) is 2. The molecule has 0 bridgehead atoms. The first-order chi connectivity index (χ1) is 10.8. The second kappa shape index (κ2) is 5.29. The maximum atomic E-state index is 12.3. The molecule has 6 nitrogen and oxygen atoms in total. The quantitative estimate of drug-likeness (QED) is 0.773. The number of H-pyrrole nitrogens is 1. The van der Waals surface area contributed by atoms with Crippen molar-refractivity contribution >= 4 is 16.8 Å². The van der Waals surface area contributed by atoms with Gasteiger partial charge in [0.1, 0.15) is 5.82 Å². The second-order valence-electron chi connectivity index (χ2n) is 5.72. The zero-order valence-electron chi connectivity index (χ0n) is 12.1. The van der Waals surface area contributed by atoms with E-state index in [0.29, 0.717) is 18.2 Å². The third-order valence-corrected chi connectivity index (χ3v) is 4.29. The van der Waals surface area contributed by atoms with Crippen LogP contribution in [-0.4, -0.2) is 32.2 Å². The number of benzene rings is 1. The topological polar surface area (TPSA) is 75.6 Å². The standard InChI is InChI=1S/C16H17N5O/c22-16(15-12-3-1-2-4-13(12)19-20-15)18-10-11-5-7-21-8-6-17-14(21)9-11/h1-4,6,8,11H,5,7,9-10H2,(H,18,22)(H,19,20)/t11-/m1/s1. The molecule has 2 aromatic heterocycles. The van der Waals surface area contributed by atoms with Crippen LogP contribution in [0.4, 0.5) is 0 Å². The minimum Gasteiger partial charge on any atom is -0.350 e. The molecule has 0 saturated carbocycles. The number of para-hydroxylation sites is 1. The molecule has 3 heterocycles. The first-order valence-corrected chi connectivity index (χ1v) is 7.52. The summed E-state index contributed by atoms with van der Waals surface area (Å²) in [5.41, 5.74) is 1.35. The molecule has 0 unspecified atom stereocenters. The Hall–Kier alpha value is -2.63. The predicted molar refractivity (Wildman–Crippen MR) is 82.5 cm³/mol. The Balaban J connectivity index is 1.43. The number of imidazole rings is 1. The van der Waals surface area contributed by atoms with E-state index in [2.05, 4.69) is 25.1 Å². The zero-order valence-corrected chi connectivity index (χ0v) is 12.1. The fraction of sp³-hybridized carbons (Fsp3) is 0.312. The summed E-state index contributed by atoms with van der Waals surface area (Å²) in [6, 6.07) is 7.66. The van der Waals surface area contributed by atoms with Crippen molar-refractivity contribution in [3.05, 3.63) is 48.2 Å². The van der Waals surface area contributed by atoms with Crippen LogP contribution in [0.2, 0.25) is 0 Å². The van der Waals surface area contributed by atoms with Crippen molar-refractivity contribution in [1.82, 2.24) is 25.1 Å². The Kier molecular flexibility index (Phi) is 3.14. The van der Waals surface area contributed by atoms with Gasteiger partial charge < -0.3 is 9.88 Å². The van der Waals surface area contributed by atoms with Crippen LogP contribution in [-0.2, 0) is 13.0 Å². The van der Waals surface area contributed by atoms with Crippen LogP contribution >= 0.6 is 0 Å². The van der Waals surface area contributed by atoms with E-state index in [1.165, 1.54) is 0 Å². The van der Waals surface area contributed by atoms with Gasteiger partial charge in [-0.3, -0.25) is 9.89 Å². The molecular weight excluding hydrogens is 278 g/mol. The fourth-order valence-corrected chi connectivity index (χ4v) is 3.05. The Morgan fingerprint density at radius 1 is 1.41 bits per heavy atom. The summed E-state index contributed by atoms with van der Waals surface area (Å²) in [6.45, 7) is 1.63. The number of hydrogen-bond acceptors (Lipinski definition) is 3. The largest absolute Gasteiger partial charge is 0.350 e. The highest BCUT2D eigenvalue weighted by molar-refractivity contribution is 6.04. The number of aryl methyl sites for hydroxylation is 1. The third-order valence-electron chi connectivity index (χ3n) is 4.29. The summed E-state index contributed by atoms with van der Waals surface area (Å²) >= 11 is 0. The van der Waals surface area contributed by atoms with Crippen LogP contribution in [0.1, 0.15) is 22.7 Å². The number of carbonyl (C=O) groups excluding carboxylic acids is 1. The van der Waals surface area contributed by atoms with Gasteiger partial charge in [-0.25, -0.2) is 4.98 Å².